The van der Waals surface area contributed by atoms with E-state index in [2.05, 4.69) is 5.32 Å². The minimum Gasteiger partial charge on any atom is -0.438 e. The van der Waals surface area contributed by atoms with Gasteiger partial charge in [0.15, 0.2) is 6.79 Å². The molecule has 0 aromatic heterocycles. The highest BCUT2D eigenvalue weighted by Gasteiger charge is 2.49. The van der Waals surface area contributed by atoms with Gasteiger partial charge in [-0.1, -0.05) is 27.7 Å². The lowest BCUT2D eigenvalue weighted by Crippen LogP contribution is -2.50. The van der Waals surface area contributed by atoms with Crippen LogP contribution in [0, 0.1) is 16.7 Å². The molecule has 1 amide bonds. The van der Waals surface area contributed by atoms with Crippen molar-refractivity contribution in [2.24, 2.45) is 16.7 Å². The van der Waals surface area contributed by atoms with E-state index >= 15 is 0 Å². The zero-order valence-electron chi connectivity index (χ0n) is 14.7. The van der Waals surface area contributed by atoms with Gasteiger partial charge in [0.05, 0.1) is 11.3 Å². The molecule has 128 valence electrons. The minimum absolute atomic E-state index is 0.0708. The van der Waals surface area contributed by atoms with E-state index in [4.69, 9.17) is 9.47 Å². The van der Waals surface area contributed by atoms with Gasteiger partial charge in [-0.25, -0.2) is 0 Å². The summed E-state index contributed by atoms with van der Waals surface area (Å²) in [6, 6.07) is 0. The number of Topliss-reactive ketones (excluding diaryl/α,β-unsaturated/α-hetero) is 1. The molecular weight excluding hydrogens is 286 g/mol. The smallest absolute Gasteiger partial charge is 0.310 e. The Morgan fingerprint density at radius 2 is 1.73 bits per heavy atom. The molecule has 0 saturated carbocycles. The van der Waals surface area contributed by atoms with Crippen LogP contribution in [0.2, 0.25) is 0 Å². The molecule has 0 heterocycles. The average Bonchev–Trinajstić information content (AvgIpc) is 2.47. The minimum atomic E-state index is -0.871. The van der Waals surface area contributed by atoms with Crippen molar-refractivity contribution in [2.75, 3.05) is 21.0 Å². The van der Waals surface area contributed by atoms with Gasteiger partial charge >= 0.3 is 5.97 Å². The maximum atomic E-state index is 12.2. The third kappa shape index (κ3) is 4.53. The first kappa shape index (κ1) is 20.6. The molecule has 6 nitrogen and oxygen atoms in total. The highest BCUT2D eigenvalue weighted by atomic mass is 16.7. The molecule has 0 aliphatic heterocycles. The molecule has 0 fully saturated rings. The van der Waals surface area contributed by atoms with Gasteiger partial charge in [-0.3, -0.25) is 14.4 Å². The van der Waals surface area contributed by atoms with Gasteiger partial charge in [0, 0.05) is 19.6 Å². The third-order valence-corrected chi connectivity index (χ3v) is 4.75. The molecule has 0 aromatic rings. The second-order valence-corrected chi connectivity index (χ2v) is 6.40. The Morgan fingerprint density at radius 1 is 1.18 bits per heavy atom. The van der Waals surface area contributed by atoms with Crippen LogP contribution in [0.5, 0.6) is 0 Å². The fourth-order valence-corrected chi connectivity index (χ4v) is 2.37. The number of nitrogens with one attached hydrogen (secondary N) is 1. The molecule has 22 heavy (non-hydrogen) atoms. The van der Waals surface area contributed by atoms with Gasteiger partial charge in [0.2, 0.25) is 5.91 Å². The molecule has 0 saturated heterocycles. The topological polar surface area (TPSA) is 81.7 Å². The molecule has 0 spiro atoms. The second-order valence-electron chi connectivity index (χ2n) is 6.40. The van der Waals surface area contributed by atoms with Crippen molar-refractivity contribution in [3.8, 4) is 0 Å². The van der Waals surface area contributed by atoms with Gasteiger partial charge in [0.1, 0.15) is 5.78 Å². The summed E-state index contributed by atoms with van der Waals surface area (Å²) in [5, 5.41) is 2.60. The lowest BCUT2D eigenvalue weighted by Gasteiger charge is -2.41. The van der Waals surface area contributed by atoms with Crippen molar-refractivity contribution < 1.29 is 23.9 Å². The van der Waals surface area contributed by atoms with E-state index in [1.807, 2.05) is 0 Å². The van der Waals surface area contributed by atoms with Crippen LogP contribution in [0.4, 0.5) is 0 Å². The van der Waals surface area contributed by atoms with Crippen molar-refractivity contribution in [3.05, 3.63) is 0 Å². The normalized spacial score (nSPS) is 15.6. The summed E-state index contributed by atoms with van der Waals surface area (Å²) < 4.78 is 9.60. The maximum Gasteiger partial charge on any atom is 0.310 e. The quantitative estimate of drug-likeness (QED) is 0.519. The monoisotopic (exact) mass is 315 g/mol. The van der Waals surface area contributed by atoms with E-state index in [0.29, 0.717) is 12.8 Å². The lowest BCUT2D eigenvalue weighted by molar-refractivity contribution is -0.159. The zero-order chi connectivity index (χ0) is 17.6. The van der Waals surface area contributed by atoms with Gasteiger partial charge in [-0.2, -0.15) is 0 Å². The molecule has 2 atom stereocenters. The predicted octanol–water partition coefficient (Wildman–Crippen LogP) is 1.92. The zero-order valence-corrected chi connectivity index (χ0v) is 14.7. The van der Waals surface area contributed by atoms with Crippen molar-refractivity contribution in [1.82, 2.24) is 5.32 Å². The van der Waals surface area contributed by atoms with Crippen LogP contribution in [0.1, 0.15) is 47.5 Å². The number of esters is 1. The first-order chi connectivity index (χ1) is 10.0. The molecule has 0 radical (unpaired) electrons. The van der Waals surface area contributed by atoms with E-state index in [1.54, 1.807) is 34.7 Å². The van der Waals surface area contributed by atoms with Crippen LogP contribution in [-0.4, -0.2) is 38.6 Å². The number of carbonyl (C=O) groups excluding carboxylic acids is 3. The van der Waals surface area contributed by atoms with Gasteiger partial charge in [-0.15, -0.1) is 0 Å². The standard InChI is InChI=1S/C16H29NO5/c1-11(13(19)22-10-21-7)8-9-16(5,12(2)18)15(3,4)14(20)17-6/h11H,8-10H2,1-7H3,(H,17,20). The largest absolute Gasteiger partial charge is 0.438 e. The fraction of sp³-hybridized carbons (Fsp3) is 0.812. The number of amides is 1. The van der Waals surface area contributed by atoms with Crippen molar-refractivity contribution in [3.63, 3.8) is 0 Å². The predicted molar refractivity (Wildman–Crippen MR) is 83.0 cm³/mol. The Balaban J connectivity index is 5.03. The molecule has 0 bridgehead atoms. The summed E-state index contributed by atoms with van der Waals surface area (Å²) in [5.41, 5.74) is -1.73. The van der Waals surface area contributed by atoms with Crippen LogP contribution >= 0.6 is 0 Å². The number of ether oxygens (including phenoxy) is 2. The van der Waals surface area contributed by atoms with Crippen LogP contribution in [0.15, 0.2) is 0 Å². The Labute approximate surface area is 132 Å². The van der Waals surface area contributed by atoms with Crippen molar-refractivity contribution in [1.29, 1.82) is 0 Å². The van der Waals surface area contributed by atoms with Crippen LogP contribution in [0.25, 0.3) is 0 Å². The van der Waals surface area contributed by atoms with Crippen molar-refractivity contribution in [2.45, 2.75) is 47.5 Å². The lowest BCUT2D eigenvalue weighted by atomic mass is 9.61. The number of hydrogen-bond donors (Lipinski definition) is 1. The molecule has 0 aromatic carbocycles. The van der Waals surface area contributed by atoms with E-state index in [-0.39, 0.29) is 30.4 Å². The molecule has 0 aliphatic rings. The maximum absolute atomic E-state index is 12.2. The van der Waals surface area contributed by atoms with Gasteiger partial charge in [-0.05, 0) is 19.8 Å². The fourth-order valence-electron chi connectivity index (χ4n) is 2.37. The SMILES string of the molecule is CNC(=O)C(C)(C)C(C)(CCC(C)C(=O)OCOC)C(C)=O. The van der Waals surface area contributed by atoms with Crippen LogP contribution in [0.3, 0.4) is 0 Å². The number of methoxy groups -OCH3 is 1. The highest BCUT2D eigenvalue weighted by Crippen LogP contribution is 2.44. The average molecular weight is 315 g/mol. The molecule has 0 rings (SSSR count). The number of hydrogen-bond acceptors (Lipinski definition) is 5. The third-order valence-electron chi connectivity index (χ3n) is 4.75. The summed E-state index contributed by atoms with van der Waals surface area (Å²) in [6.07, 6.45) is 0.880. The van der Waals surface area contributed by atoms with Gasteiger partial charge < -0.3 is 14.8 Å². The Bertz CT molecular complexity index is 419. The summed E-state index contributed by atoms with van der Waals surface area (Å²) in [7, 11) is 2.99. The first-order valence-corrected chi connectivity index (χ1v) is 7.43. The van der Waals surface area contributed by atoms with E-state index in [9.17, 15) is 14.4 Å². The van der Waals surface area contributed by atoms with E-state index in [1.165, 1.54) is 14.0 Å². The Morgan fingerprint density at radius 3 is 2.14 bits per heavy atom. The molecule has 6 heteroatoms. The summed E-state index contributed by atoms with van der Waals surface area (Å²) in [4.78, 5) is 36.1. The van der Waals surface area contributed by atoms with E-state index in [0.717, 1.165) is 0 Å². The summed E-state index contributed by atoms with van der Waals surface area (Å²) >= 11 is 0. The second kappa shape index (κ2) is 8.27. The molecule has 0 aliphatic carbocycles. The summed E-state index contributed by atoms with van der Waals surface area (Å²) in [6.45, 7) is 8.42. The Hall–Kier alpha value is -1.43. The number of rotatable bonds is 9. The number of ketones is 1. The molecule has 2 unspecified atom stereocenters. The summed E-state index contributed by atoms with van der Waals surface area (Å²) in [5.74, 6) is -1.00. The van der Waals surface area contributed by atoms with Gasteiger partial charge in [0.25, 0.3) is 0 Å². The first-order valence-electron chi connectivity index (χ1n) is 7.43. The molecular formula is C16H29NO5. The molecule has 1 N–H and O–H groups in total. The van der Waals surface area contributed by atoms with Crippen LogP contribution < -0.4 is 5.32 Å². The van der Waals surface area contributed by atoms with Crippen LogP contribution in [-0.2, 0) is 23.9 Å². The van der Waals surface area contributed by atoms with Crippen molar-refractivity contribution >= 4 is 17.7 Å². The Kier molecular flexibility index (Phi) is 7.73. The van der Waals surface area contributed by atoms with E-state index < -0.39 is 10.8 Å². The highest BCUT2D eigenvalue weighted by molar-refractivity contribution is 5.92. The number of carbonyl (C=O) groups is 3.